The van der Waals surface area contributed by atoms with Gasteiger partial charge in [0.25, 0.3) is 0 Å². The van der Waals surface area contributed by atoms with Crippen molar-refractivity contribution in [1.29, 1.82) is 0 Å². The number of nitrogens with two attached hydrogens (primary N) is 2. The van der Waals surface area contributed by atoms with Crippen LogP contribution in [-0.4, -0.2) is 30.9 Å². The number of rotatable bonds is 5. The highest BCUT2D eigenvalue weighted by Gasteiger charge is 2.18. The van der Waals surface area contributed by atoms with Gasteiger partial charge >= 0.3 is 0 Å². The molecule has 14 heavy (non-hydrogen) atoms. The van der Waals surface area contributed by atoms with Crippen LogP contribution in [0.15, 0.2) is 22.8 Å². The number of primary amides is 1. The molecule has 0 radical (unpaired) electrons. The van der Waals surface area contributed by atoms with Crippen LogP contribution in [0.3, 0.4) is 0 Å². The van der Waals surface area contributed by atoms with E-state index < -0.39 is 0 Å². The molecule has 1 amide bonds. The molecule has 4 N–H and O–H groups in total. The average Bonchev–Trinajstić information content (AvgIpc) is 2.57. The summed E-state index contributed by atoms with van der Waals surface area (Å²) in [7, 11) is 1.78. The molecule has 0 aliphatic rings. The lowest BCUT2D eigenvalue weighted by molar-refractivity contribution is -0.119. The summed E-state index contributed by atoms with van der Waals surface area (Å²) in [5.74, 6) is 0.369. The first-order chi connectivity index (χ1) is 6.65. The highest BCUT2D eigenvalue weighted by molar-refractivity contribution is 5.75. The van der Waals surface area contributed by atoms with Crippen molar-refractivity contribution in [2.24, 2.45) is 11.5 Å². The summed E-state index contributed by atoms with van der Waals surface area (Å²) in [4.78, 5) is 12.5. The minimum atomic E-state index is -0.377. The number of hydrogen-bond donors (Lipinski definition) is 2. The van der Waals surface area contributed by atoms with Crippen molar-refractivity contribution >= 4 is 5.91 Å². The van der Waals surface area contributed by atoms with Crippen LogP contribution in [0.5, 0.6) is 0 Å². The Hall–Kier alpha value is -1.33. The lowest BCUT2D eigenvalue weighted by Crippen LogP contribution is -2.36. The molecule has 0 spiro atoms. The number of furan rings is 1. The van der Waals surface area contributed by atoms with Crippen LogP contribution in [0.4, 0.5) is 0 Å². The van der Waals surface area contributed by atoms with Crippen molar-refractivity contribution in [2.45, 2.75) is 6.04 Å². The number of nitrogens with zero attached hydrogens (tertiary/aromatic N) is 1. The third-order valence-electron chi connectivity index (χ3n) is 2.03. The lowest BCUT2D eigenvalue weighted by Gasteiger charge is -2.23. The molecule has 0 aliphatic heterocycles. The first-order valence-corrected chi connectivity index (χ1v) is 4.37. The van der Waals surface area contributed by atoms with E-state index in [1.54, 1.807) is 24.3 Å². The molecule has 1 atom stereocenters. The van der Waals surface area contributed by atoms with Crippen molar-refractivity contribution in [3.63, 3.8) is 0 Å². The Morgan fingerprint density at radius 3 is 2.86 bits per heavy atom. The minimum absolute atomic E-state index is 0.0995. The van der Waals surface area contributed by atoms with Crippen LogP contribution in [0.1, 0.15) is 11.8 Å². The van der Waals surface area contributed by atoms with Gasteiger partial charge < -0.3 is 15.9 Å². The number of carbonyl (C=O) groups excluding carboxylic acids is 1. The maximum Gasteiger partial charge on any atom is 0.231 e. The molecule has 0 aromatic carbocycles. The van der Waals surface area contributed by atoms with Gasteiger partial charge in [-0.3, -0.25) is 9.69 Å². The molecule has 0 bridgehead atoms. The summed E-state index contributed by atoms with van der Waals surface area (Å²) < 4.78 is 5.22. The summed E-state index contributed by atoms with van der Waals surface area (Å²) in [5, 5.41) is 0. The Morgan fingerprint density at radius 2 is 2.43 bits per heavy atom. The molecule has 1 aromatic rings. The third-order valence-corrected chi connectivity index (χ3v) is 2.03. The van der Waals surface area contributed by atoms with E-state index in [1.165, 1.54) is 0 Å². The van der Waals surface area contributed by atoms with E-state index in [0.717, 1.165) is 5.76 Å². The van der Waals surface area contributed by atoms with E-state index in [4.69, 9.17) is 15.9 Å². The zero-order chi connectivity index (χ0) is 10.6. The zero-order valence-electron chi connectivity index (χ0n) is 8.14. The molecule has 0 aliphatic carbocycles. The number of likely N-dealkylation sites (N-methyl/N-ethyl adjacent to an activating group) is 1. The van der Waals surface area contributed by atoms with E-state index in [1.807, 2.05) is 6.07 Å². The van der Waals surface area contributed by atoms with Gasteiger partial charge in [-0.1, -0.05) is 0 Å². The van der Waals surface area contributed by atoms with Gasteiger partial charge in [0.15, 0.2) is 0 Å². The van der Waals surface area contributed by atoms with Gasteiger partial charge in [0.05, 0.1) is 18.8 Å². The van der Waals surface area contributed by atoms with E-state index in [-0.39, 0.29) is 18.5 Å². The first-order valence-electron chi connectivity index (χ1n) is 4.37. The van der Waals surface area contributed by atoms with Gasteiger partial charge in [-0.2, -0.15) is 0 Å². The molecule has 0 saturated heterocycles. The first kappa shape index (κ1) is 10.7. The fraction of sp³-hybridized carbons (Fsp3) is 0.444. The molecule has 1 aromatic heterocycles. The normalized spacial score (nSPS) is 13.1. The monoisotopic (exact) mass is 197 g/mol. The fourth-order valence-corrected chi connectivity index (χ4v) is 1.35. The fourth-order valence-electron chi connectivity index (χ4n) is 1.35. The smallest absolute Gasteiger partial charge is 0.231 e. The molecule has 1 heterocycles. The van der Waals surface area contributed by atoms with Crippen molar-refractivity contribution in [3.8, 4) is 0 Å². The van der Waals surface area contributed by atoms with E-state index in [2.05, 4.69) is 0 Å². The second-order valence-corrected chi connectivity index (χ2v) is 3.15. The second-order valence-electron chi connectivity index (χ2n) is 3.15. The predicted octanol–water partition coefficient (Wildman–Crippen LogP) is -0.303. The van der Waals surface area contributed by atoms with Crippen LogP contribution in [-0.2, 0) is 4.79 Å². The van der Waals surface area contributed by atoms with Crippen molar-refractivity contribution in [1.82, 2.24) is 4.90 Å². The van der Waals surface area contributed by atoms with Gasteiger partial charge in [-0.05, 0) is 19.2 Å². The van der Waals surface area contributed by atoms with Crippen LogP contribution in [0, 0.1) is 0 Å². The third kappa shape index (κ3) is 2.58. The summed E-state index contributed by atoms with van der Waals surface area (Å²) in [5.41, 5.74) is 10.7. The van der Waals surface area contributed by atoms with Crippen molar-refractivity contribution in [2.75, 3.05) is 20.1 Å². The highest BCUT2D eigenvalue weighted by atomic mass is 16.3. The SMILES string of the molecule is CN(CC(N)=O)C(CN)c1ccco1. The van der Waals surface area contributed by atoms with E-state index in [0.29, 0.717) is 6.54 Å². The molecule has 5 nitrogen and oxygen atoms in total. The Labute approximate surface area is 82.7 Å². The Bertz CT molecular complexity index is 284. The number of carbonyl (C=O) groups is 1. The molecule has 0 saturated carbocycles. The maximum absolute atomic E-state index is 10.7. The standard InChI is InChI=1S/C9H15N3O2/c1-12(6-9(11)13)7(5-10)8-3-2-4-14-8/h2-4,7H,5-6,10H2,1H3,(H2,11,13). The van der Waals surface area contributed by atoms with E-state index >= 15 is 0 Å². The van der Waals surface area contributed by atoms with Gasteiger partial charge in [-0.25, -0.2) is 0 Å². The Balaban J connectivity index is 2.67. The van der Waals surface area contributed by atoms with Gasteiger partial charge in [0.2, 0.25) is 5.91 Å². The topological polar surface area (TPSA) is 85.5 Å². The van der Waals surface area contributed by atoms with Crippen LogP contribution in [0.25, 0.3) is 0 Å². The van der Waals surface area contributed by atoms with Crippen molar-refractivity contribution < 1.29 is 9.21 Å². The zero-order valence-corrected chi connectivity index (χ0v) is 8.14. The lowest BCUT2D eigenvalue weighted by atomic mass is 10.2. The van der Waals surface area contributed by atoms with Crippen LogP contribution < -0.4 is 11.5 Å². The summed E-state index contributed by atoms with van der Waals surface area (Å²) in [6.07, 6.45) is 1.58. The molecule has 78 valence electrons. The van der Waals surface area contributed by atoms with E-state index in [9.17, 15) is 4.79 Å². The molecular weight excluding hydrogens is 182 g/mol. The Morgan fingerprint density at radius 1 is 1.71 bits per heavy atom. The van der Waals surface area contributed by atoms with Gasteiger partial charge in [-0.15, -0.1) is 0 Å². The largest absolute Gasteiger partial charge is 0.468 e. The molecular formula is C9H15N3O2. The van der Waals surface area contributed by atoms with Crippen molar-refractivity contribution in [3.05, 3.63) is 24.2 Å². The summed E-state index contributed by atoms with van der Waals surface area (Å²) in [6.45, 7) is 0.555. The second kappa shape index (κ2) is 4.78. The Kier molecular flexibility index (Phi) is 3.67. The van der Waals surface area contributed by atoms with Crippen LogP contribution in [0.2, 0.25) is 0 Å². The molecule has 1 rings (SSSR count). The molecule has 1 unspecified atom stereocenters. The summed E-state index contributed by atoms with van der Waals surface area (Å²) >= 11 is 0. The van der Waals surface area contributed by atoms with Gasteiger partial charge in [0, 0.05) is 6.54 Å². The molecule has 0 fully saturated rings. The predicted molar refractivity (Wildman–Crippen MR) is 52.3 cm³/mol. The average molecular weight is 197 g/mol. The quantitative estimate of drug-likeness (QED) is 0.678. The van der Waals surface area contributed by atoms with Gasteiger partial charge in [0.1, 0.15) is 5.76 Å². The summed E-state index contributed by atoms with van der Waals surface area (Å²) in [6, 6.07) is 3.52. The molecule has 5 heteroatoms. The van der Waals surface area contributed by atoms with Crippen LogP contribution >= 0.6 is 0 Å². The maximum atomic E-state index is 10.7. The number of hydrogen-bond acceptors (Lipinski definition) is 4. The number of amides is 1. The highest BCUT2D eigenvalue weighted by Crippen LogP contribution is 2.17. The minimum Gasteiger partial charge on any atom is -0.468 e.